The molecule has 2 aliphatic carbocycles. The molecule has 0 saturated carbocycles. The summed E-state index contributed by atoms with van der Waals surface area (Å²) >= 11 is 0. The highest BCUT2D eigenvalue weighted by Gasteiger charge is 2.41. The first kappa shape index (κ1) is 12.1. The van der Waals surface area contributed by atoms with Gasteiger partial charge in [-0.15, -0.1) is 0 Å². The lowest BCUT2D eigenvalue weighted by molar-refractivity contribution is 0.0927. The van der Waals surface area contributed by atoms with E-state index >= 15 is 0 Å². The summed E-state index contributed by atoms with van der Waals surface area (Å²) in [7, 11) is 0. The number of fused-ring (bicyclic) bond motifs is 2. The van der Waals surface area contributed by atoms with Crippen LogP contribution in [0.3, 0.4) is 0 Å². The highest BCUT2D eigenvalue weighted by molar-refractivity contribution is 5.41. The Labute approximate surface area is 118 Å². The van der Waals surface area contributed by atoms with E-state index in [1.54, 1.807) is 0 Å². The molecule has 0 aliphatic heterocycles. The molecule has 2 aromatic carbocycles. The summed E-state index contributed by atoms with van der Waals surface area (Å²) in [4.78, 5) is 0. The molecular weight excluding hydrogens is 248 g/mol. The van der Waals surface area contributed by atoms with Gasteiger partial charge in [0.1, 0.15) is 0 Å². The third kappa shape index (κ3) is 1.65. The number of hydrogen-bond donors (Lipinski definition) is 2. The molecule has 0 amide bonds. The lowest BCUT2D eigenvalue weighted by Gasteiger charge is -2.23. The zero-order valence-corrected chi connectivity index (χ0v) is 11.2. The van der Waals surface area contributed by atoms with Crippen molar-refractivity contribution in [3.05, 3.63) is 70.8 Å². The van der Waals surface area contributed by atoms with Crippen LogP contribution in [0.25, 0.3) is 0 Å². The Kier molecular flexibility index (Phi) is 2.69. The Hall–Kier alpha value is -1.64. The fraction of sp³-hybridized carbons (Fsp3) is 0.333. The molecule has 102 valence electrons. The Bertz CT molecular complexity index is 649. The van der Waals surface area contributed by atoms with E-state index in [1.807, 2.05) is 36.4 Å². The van der Waals surface area contributed by atoms with Gasteiger partial charge < -0.3 is 10.2 Å². The third-order valence-corrected chi connectivity index (χ3v) is 4.98. The van der Waals surface area contributed by atoms with Crippen molar-refractivity contribution in [2.75, 3.05) is 0 Å². The summed E-state index contributed by atoms with van der Waals surface area (Å²) in [5.41, 5.74) is 4.58. The van der Waals surface area contributed by atoms with Gasteiger partial charge >= 0.3 is 0 Å². The van der Waals surface area contributed by atoms with Gasteiger partial charge in [-0.2, -0.15) is 0 Å². The van der Waals surface area contributed by atoms with Crippen molar-refractivity contribution >= 4 is 0 Å². The molecule has 2 heteroatoms. The minimum Gasteiger partial charge on any atom is -0.388 e. The largest absolute Gasteiger partial charge is 0.388 e. The Morgan fingerprint density at radius 2 is 1.45 bits per heavy atom. The first-order chi connectivity index (χ1) is 9.75. The van der Waals surface area contributed by atoms with Crippen molar-refractivity contribution in [2.45, 2.75) is 31.0 Å². The van der Waals surface area contributed by atoms with Crippen LogP contribution in [0.4, 0.5) is 0 Å². The standard InChI is InChI=1S/C18H18O2/c19-17-10-15(13-7-3-4-8-14(13)17)16-9-11-5-1-2-6-12(11)18(16)20/h1-8,15-20H,9-10H2. The lowest BCUT2D eigenvalue weighted by atomic mass is 9.84. The molecule has 2 aromatic rings. The van der Waals surface area contributed by atoms with Crippen LogP contribution in [0.5, 0.6) is 0 Å². The van der Waals surface area contributed by atoms with E-state index in [2.05, 4.69) is 12.1 Å². The van der Waals surface area contributed by atoms with Crippen LogP contribution in [0, 0.1) is 5.92 Å². The van der Waals surface area contributed by atoms with Crippen LogP contribution in [0.15, 0.2) is 48.5 Å². The van der Waals surface area contributed by atoms with Crippen LogP contribution < -0.4 is 0 Å². The van der Waals surface area contributed by atoms with E-state index in [9.17, 15) is 10.2 Å². The fourth-order valence-corrected chi connectivity index (χ4v) is 4.02. The van der Waals surface area contributed by atoms with E-state index in [-0.39, 0.29) is 17.9 Å². The summed E-state index contributed by atoms with van der Waals surface area (Å²) in [6.07, 6.45) is 0.847. The average molecular weight is 266 g/mol. The van der Waals surface area contributed by atoms with E-state index in [0.717, 1.165) is 24.0 Å². The molecule has 0 spiro atoms. The molecule has 4 unspecified atom stereocenters. The van der Waals surface area contributed by atoms with Gasteiger partial charge in [0.2, 0.25) is 0 Å². The molecule has 2 aliphatic rings. The zero-order valence-electron chi connectivity index (χ0n) is 11.2. The molecule has 0 bridgehead atoms. The summed E-state index contributed by atoms with van der Waals surface area (Å²) in [5.74, 6) is 0.439. The molecule has 2 nitrogen and oxygen atoms in total. The number of benzene rings is 2. The van der Waals surface area contributed by atoms with Crippen molar-refractivity contribution in [2.24, 2.45) is 5.92 Å². The summed E-state index contributed by atoms with van der Waals surface area (Å²) in [6, 6.07) is 16.3. The Morgan fingerprint density at radius 1 is 0.800 bits per heavy atom. The van der Waals surface area contributed by atoms with E-state index in [1.165, 1.54) is 11.1 Å². The first-order valence-electron chi connectivity index (χ1n) is 7.28. The minimum atomic E-state index is -0.408. The molecule has 0 saturated heterocycles. The summed E-state index contributed by atoms with van der Waals surface area (Å²) in [6.45, 7) is 0. The van der Waals surface area contributed by atoms with Gasteiger partial charge in [0.25, 0.3) is 0 Å². The van der Waals surface area contributed by atoms with Crippen LogP contribution in [0.2, 0.25) is 0 Å². The van der Waals surface area contributed by atoms with Crippen LogP contribution in [-0.2, 0) is 6.42 Å². The average Bonchev–Trinajstić information content (AvgIpc) is 2.99. The molecule has 2 N–H and O–H groups in total. The van der Waals surface area contributed by atoms with Crippen molar-refractivity contribution in [3.8, 4) is 0 Å². The number of hydrogen-bond acceptors (Lipinski definition) is 2. The predicted octanol–water partition coefficient (Wildman–Crippen LogP) is 3.11. The normalized spacial score (nSPS) is 31.1. The Morgan fingerprint density at radius 3 is 2.20 bits per heavy atom. The zero-order chi connectivity index (χ0) is 13.7. The predicted molar refractivity (Wildman–Crippen MR) is 77.4 cm³/mol. The van der Waals surface area contributed by atoms with Gasteiger partial charge in [-0.1, -0.05) is 48.5 Å². The van der Waals surface area contributed by atoms with Gasteiger partial charge in [0.15, 0.2) is 0 Å². The van der Waals surface area contributed by atoms with Gasteiger partial charge in [-0.3, -0.25) is 0 Å². The van der Waals surface area contributed by atoms with Gasteiger partial charge in [0, 0.05) is 5.92 Å². The SMILES string of the molecule is OC1CC(C2Cc3ccccc3C2O)c2ccccc21. The second-order valence-corrected chi connectivity index (χ2v) is 6.00. The van der Waals surface area contributed by atoms with Crippen molar-refractivity contribution in [3.63, 3.8) is 0 Å². The van der Waals surface area contributed by atoms with Gasteiger partial charge in [-0.05, 0) is 41.0 Å². The molecule has 20 heavy (non-hydrogen) atoms. The van der Waals surface area contributed by atoms with E-state index < -0.39 is 6.10 Å². The van der Waals surface area contributed by atoms with Crippen molar-refractivity contribution in [1.82, 2.24) is 0 Å². The van der Waals surface area contributed by atoms with E-state index in [4.69, 9.17) is 0 Å². The Balaban J connectivity index is 1.72. The highest BCUT2D eigenvalue weighted by atomic mass is 16.3. The maximum Gasteiger partial charge on any atom is 0.0829 e. The molecule has 4 rings (SSSR count). The van der Waals surface area contributed by atoms with Gasteiger partial charge in [-0.25, -0.2) is 0 Å². The maximum atomic E-state index is 10.6. The fourth-order valence-electron chi connectivity index (χ4n) is 4.02. The van der Waals surface area contributed by atoms with Crippen molar-refractivity contribution in [1.29, 1.82) is 0 Å². The second-order valence-electron chi connectivity index (χ2n) is 6.00. The number of rotatable bonds is 1. The molecular formula is C18H18O2. The number of aliphatic hydroxyl groups excluding tert-OH is 2. The van der Waals surface area contributed by atoms with E-state index in [0.29, 0.717) is 0 Å². The van der Waals surface area contributed by atoms with Crippen LogP contribution >= 0.6 is 0 Å². The highest BCUT2D eigenvalue weighted by Crippen LogP contribution is 2.51. The summed E-state index contributed by atoms with van der Waals surface area (Å²) in [5, 5.41) is 20.9. The smallest absolute Gasteiger partial charge is 0.0829 e. The first-order valence-corrected chi connectivity index (χ1v) is 7.28. The topological polar surface area (TPSA) is 40.5 Å². The maximum absolute atomic E-state index is 10.6. The number of aliphatic hydroxyl groups is 2. The molecule has 0 heterocycles. The van der Waals surface area contributed by atoms with Gasteiger partial charge in [0.05, 0.1) is 12.2 Å². The van der Waals surface area contributed by atoms with Crippen molar-refractivity contribution < 1.29 is 10.2 Å². The molecule has 0 aromatic heterocycles. The summed E-state index contributed by atoms with van der Waals surface area (Å²) < 4.78 is 0. The monoisotopic (exact) mass is 266 g/mol. The van der Waals surface area contributed by atoms with Crippen LogP contribution in [0.1, 0.15) is 46.8 Å². The quantitative estimate of drug-likeness (QED) is 0.832. The molecule has 0 fully saturated rings. The second kappa shape index (κ2) is 4.44. The molecule has 4 atom stereocenters. The lowest BCUT2D eigenvalue weighted by Crippen LogP contribution is -2.16. The molecule has 0 radical (unpaired) electrons. The van der Waals surface area contributed by atoms with Crippen LogP contribution in [-0.4, -0.2) is 10.2 Å². The minimum absolute atomic E-state index is 0.186. The third-order valence-electron chi connectivity index (χ3n) is 4.98.